The summed E-state index contributed by atoms with van der Waals surface area (Å²) in [6.07, 6.45) is -3.86. The first-order valence-electron chi connectivity index (χ1n) is 9.50. The smallest absolute Gasteiger partial charge is 0.226 e. The zero-order valence-corrected chi connectivity index (χ0v) is 16.3. The highest BCUT2D eigenvalue weighted by Crippen LogP contribution is 2.32. The number of fused-ring (bicyclic) bond motifs is 1. The van der Waals surface area contributed by atoms with Crippen molar-refractivity contribution in [2.45, 2.75) is 37.6 Å². The third kappa shape index (κ3) is 3.57. The SMILES string of the molecule is Cc1ccccc1C(O)CNc1nc(N)c2ncn([C@@H]3O[C@H](CO)[C@@H](O)[C@H]3O)c2n1. The molecule has 1 unspecified atom stereocenters. The lowest BCUT2D eigenvalue weighted by Crippen LogP contribution is -2.33. The van der Waals surface area contributed by atoms with Gasteiger partial charge >= 0.3 is 0 Å². The number of rotatable bonds is 6. The molecule has 1 aromatic carbocycles. The quantitative estimate of drug-likeness (QED) is 0.307. The fraction of sp³-hybridized carbons (Fsp3) is 0.421. The highest BCUT2D eigenvalue weighted by Gasteiger charge is 2.44. The number of aryl methyl sites for hydroxylation is 1. The van der Waals surface area contributed by atoms with E-state index in [4.69, 9.17) is 10.5 Å². The average molecular weight is 416 g/mol. The summed E-state index contributed by atoms with van der Waals surface area (Å²) in [5.41, 5.74) is 8.34. The molecule has 0 saturated carbocycles. The molecule has 5 atom stereocenters. The summed E-state index contributed by atoms with van der Waals surface area (Å²) in [7, 11) is 0. The monoisotopic (exact) mass is 416 g/mol. The maximum Gasteiger partial charge on any atom is 0.226 e. The number of ether oxygens (including phenoxy) is 1. The Kier molecular flexibility index (Phi) is 5.54. The molecular weight excluding hydrogens is 392 g/mol. The summed E-state index contributed by atoms with van der Waals surface area (Å²) < 4.78 is 6.98. The Morgan fingerprint density at radius 3 is 2.70 bits per heavy atom. The average Bonchev–Trinajstić information content (AvgIpc) is 3.28. The number of imidazole rings is 1. The van der Waals surface area contributed by atoms with Gasteiger partial charge in [0, 0.05) is 6.54 Å². The van der Waals surface area contributed by atoms with Gasteiger partial charge in [-0.2, -0.15) is 9.97 Å². The topological polar surface area (TPSA) is 172 Å². The number of anilines is 2. The maximum absolute atomic E-state index is 10.5. The van der Waals surface area contributed by atoms with E-state index in [9.17, 15) is 20.4 Å². The minimum atomic E-state index is -1.28. The maximum atomic E-state index is 10.5. The van der Waals surface area contributed by atoms with Crippen LogP contribution in [-0.2, 0) is 4.74 Å². The number of aliphatic hydroxyl groups is 4. The second-order valence-electron chi connectivity index (χ2n) is 7.24. The highest BCUT2D eigenvalue weighted by molar-refractivity contribution is 5.83. The first-order chi connectivity index (χ1) is 14.4. The third-order valence-corrected chi connectivity index (χ3v) is 5.24. The number of nitrogens with zero attached hydrogens (tertiary/aromatic N) is 4. The molecule has 7 N–H and O–H groups in total. The van der Waals surface area contributed by atoms with Gasteiger partial charge in [0.05, 0.1) is 19.0 Å². The molecule has 1 fully saturated rings. The molecule has 2 aromatic heterocycles. The van der Waals surface area contributed by atoms with Gasteiger partial charge < -0.3 is 36.2 Å². The van der Waals surface area contributed by atoms with Crippen molar-refractivity contribution in [2.24, 2.45) is 0 Å². The Balaban J connectivity index is 1.59. The molecule has 0 spiro atoms. The summed E-state index contributed by atoms with van der Waals surface area (Å²) in [5.74, 6) is 0.277. The first-order valence-corrected chi connectivity index (χ1v) is 9.50. The lowest BCUT2D eigenvalue weighted by molar-refractivity contribution is -0.0511. The summed E-state index contributed by atoms with van der Waals surface area (Å²) in [4.78, 5) is 12.7. The molecule has 0 radical (unpaired) electrons. The summed E-state index contributed by atoms with van der Waals surface area (Å²) in [6, 6.07) is 7.51. The van der Waals surface area contributed by atoms with E-state index in [-0.39, 0.29) is 24.0 Å². The summed E-state index contributed by atoms with van der Waals surface area (Å²) in [6.45, 7) is 1.62. The van der Waals surface area contributed by atoms with Crippen LogP contribution in [0.2, 0.25) is 0 Å². The molecule has 4 rings (SSSR count). The Hall–Kier alpha value is -2.83. The van der Waals surface area contributed by atoms with E-state index in [1.54, 1.807) is 0 Å². The van der Waals surface area contributed by atoms with Gasteiger partial charge in [0.25, 0.3) is 0 Å². The van der Waals surface area contributed by atoms with E-state index in [0.29, 0.717) is 5.52 Å². The van der Waals surface area contributed by atoms with E-state index < -0.39 is 37.3 Å². The van der Waals surface area contributed by atoms with E-state index in [1.807, 2.05) is 31.2 Å². The van der Waals surface area contributed by atoms with Crippen LogP contribution in [-0.4, -0.2) is 71.4 Å². The van der Waals surface area contributed by atoms with Gasteiger partial charge in [0.1, 0.15) is 23.8 Å². The number of aliphatic hydroxyl groups excluding tert-OH is 4. The summed E-state index contributed by atoms with van der Waals surface area (Å²) >= 11 is 0. The second-order valence-corrected chi connectivity index (χ2v) is 7.24. The van der Waals surface area contributed by atoms with Crippen LogP contribution < -0.4 is 11.1 Å². The van der Waals surface area contributed by atoms with Crippen molar-refractivity contribution in [1.29, 1.82) is 0 Å². The van der Waals surface area contributed by atoms with Gasteiger partial charge in [0.2, 0.25) is 5.95 Å². The van der Waals surface area contributed by atoms with E-state index in [1.165, 1.54) is 10.9 Å². The van der Waals surface area contributed by atoms with Crippen LogP contribution in [0.5, 0.6) is 0 Å². The van der Waals surface area contributed by atoms with E-state index >= 15 is 0 Å². The molecule has 160 valence electrons. The number of nitrogen functional groups attached to an aromatic ring is 1. The lowest BCUT2D eigenvalue weighted by Gasteiger charge is -2.17. The van der Waals surface area contributed by atoms with E-state index in [0.717, 1.165) is 11.1 Å². The number of hydrogen-bond donors (Lipinski definition) is 6. The lowest BCUT2D eigenvalue weighted by atomic mass is 10.0. The van der Waals surface area contributed by atoms with Crippen molar-refractivity contribution in [3.05, 3.63) is 41.7 Å². The Morgan fingerprint density at radius 1 is 1.23 bits per heavy atom. The minimum absolute atomic E-state index is 0.110. The zero-order chi connectivity index (χ0) is 21.4. The minimum Gasteiger partial charge on any atom is -0.394 e. The molecule has 3 aromatic rings. The van der Waals surface area contributed by atoms with Gasteiger partial charge in [0.15, 0.2) is 17.7 Å². The molecule has 0 bridgehead atoms. The fourth-order valence-corrected chi connectivity index (χ4v) is 3.57. The van der Waals surface area contributed by atoms with Crippen molar-refractivity contribution >= 4 is 22.9 Å². The van der Waals surface area contributed by atoms with Gasteiger partial charge in [-0.05, 0) is 18.1 Å². The molecule has 3 heterocycles. The number of benzene rings is 1. The van der Waals surface area contributed by atoms with Gasteiger partial charge in [-0.1, -0.05) is 24.3 Å². The fourth-order valence-electron chi connectivity index (χ4n) is 3.57. The van der Waals surface area contributed by atoms with E-state index in [2.05, 4.69) is 20.3 Å². The molecule has 0 aliphatic carbocycles. The number of hydrogen-bond acceptors (Lipinski definition) is 10. The number of nitrogens with one attached hydrogen (secondary N) is 1. The predicted octanol–water partition coefficient (Wildman–Crippen LogP) is -0.526. The molecule has 1 saturated heterocycles. The van der Waals surface area contributed by atoms with Crippen LogP contribution >= 0.6 is 0 Å². The number of nitrogens with two attached hydrogens (primary N) is 1. The van der Waals surface area contributed by atoms with Gasteiger partial charge in [-0.25, -0.2) is 4.98 Å². The van der Waals surface area contributed by atoms with Gasteiger partial charge in [-0.15, -0.1) is 0 Å². The Bertz CT molecular complexity index is 1040. The van der Waals surface area contributed by atoms with Crippen molar-refractivity contribution in [1.82, 2.24) is 19.5 Å². The standard InChI is InChI=1S/C19H24N6O5/c1-9-4-2-3-5-10(9)11(27)6-21-19-23-16(20)13-17(24-19)25(8-22-13)18-15(29)14(28)12(7-26)30-18/h2-5,8,11-12,14-15,18,26-29H,6-7H2,1H3,(H3,20,21,23,24)/t11?,12-,14-,15-,18-/m1/s1. The van der Waals surface area contributed by atoms with Crippen molar-refractivity contribution in [3.8, 4) is 0 Å². The molecule has 11 nitrogen and oxygen atoms in total. The normalized spacial score (nSPS) is 25.0. The van der Waals surface area contributed by atoms with Crippen molar-refractivity contribution in [3.63, 3.8) is 0 Å². The van der Waals surface area contributed by atoms with Crippen LogP contribution in [0.15, 0.2) is 30.6 Å². The predicted molar refractivity (Wildman–Crippen MR) is 107 cm³/mol. The largest absolute Gasteiger partial charge is 0.394 e. The van der Waals surface area contributed by atoms with Crippen LogP contribution in [0.25, 0.3) is 11.2 Å². The Labute approximate surface area is 171 Å². The Morgan fingerprint density at radius 2 is 2.00 bits per heavy atom. The van der Waals surface area contributed by atoms with Crippen molar-refractivity contribution in [2.75, 3.05) is 24.2 Å². The van der Waals surface area contributed by atoms with Crippen LogP contribution in [0.1, 0.15) is 23.5 Å². The summed E-state index contributed by atoms with van der Waals surface area (Å²) in [5, 5.41) is 43.1. The van der Waals surface area contributed by atoms with Crippen LogP contribution in [0.4, 0.5) is 11.8 Å². The first kappa shape index (κ1) is 20.4. The zero-order valence-electron chi connectivity index (χ0n) is 16.3. The molecule has 1 aliphatic heterocycles. The van der Waals surface area contributed by atoms with Gasteiger partial charge in [-0.3, -0.25) is 4.57 Å². The molecule has 11 heteroatoms. The highest BCUT2D eigenvalue weighted by atomic mass is 16.6. The molecule has 0 amide bonds. The molecular formula is C19H24N6O5. The van der Waals surface area contributed by atoms with Crippen LogP contribution in [0, 0.1) is 6.92 Å². The van der Waals surface area contributed by atoms with Crippen LogP contribution in [0.3, 0.4) is 0 Å². The number of aromatic nitrogens is 4. The second kappa shape index (κ2) is 8.13. The third-order valence-electron chi connectivity index (χ3n) is 5.24. The van der Waals surface area contributed by atoms with Crippen molar-refractivity contribution < 1.29 is 25.2 Å². The molecule has 30 heavy (non-hydrogen) atoms. The molecule has 1 aliphatic rings.